The van der Waals surface area contributed by atoms with Crippen LogP contribution in [0.3, 0.4) is 0 Å². The summed E-state index contributed by atoms with van der Waals surface area (Å²) in [7, 11) is 4.31. The third-order valence-electron chi connectivity index (χ3n) is 3.57. The first kappa shape index (κ1) is 19.9. The molecule has 0 radical (unpaired) electrons. The van der Waals surface area contributed by atoms with Crippen molar-refractivity contribution in [2.75, 3.05) is 21.3 Å². The third kappa shape index (κ3) is 5.04. The van der Waals surface area contributed by atoms with Crippen molar-refractivity contribution in [1.29, 1.82) is 0 Å². The van der Waals surface area contributed by atoms with E-state index in [0.29, 0.717) is 11.5 Å². The van der Waals surface area contributed by atoms with E-state index >= 15 is 0 Å². The van der Waals surface area contributed by atoms with Gasteiger partial charge in [0.15, 0.2) is 17.6 Å². The Morgan fingerprint density at radius 3 is 2.04 bits per heavy atom. The molecule has 0 spiro atoms. The molecule has 27 heavy (non-hydrogen) atoms. The van der Waals surface area contributed by atoms with Gasteiger partial charge in [-0.05, 0) is 31.2 Å². The van der Waals surface area contributed by atoms with Gasteiger partial charge in [0.1, 0.15) is 5.75 Å². The lowest BCUT2D eigenvalue weighted by molar-refractivity contribution is -0.136. The molecule has 144 valence electrons. The molecule has 0 saturated heterocycles. The molecule has 1 N–H and O–H groups in total. The summed E-state index contributed by atoms with van der Waals surface area (Å²) >= 11 is 0. The number of carbonyl (C=O) groups excluding carboxylic acids is 2. The maximum atomic E-state index is 12.2. The van der Waals surface area contributed by atoms with Gasteiger partial charge in [-0.3, -0.25) is 4.79 Å². The predicted molar refractivity (Wildman–Crippen MR) is 96.2 cm³/mol. The van der Waals surface area contributed by atoms with Gasteiger partial charge in [0.05, 0.1) is 26.9 Å². The second-order valence-corrected chi connectivity index (χ2v) is 5.34. The highest BCUT2D eigenvalue weighted by Gasteiger charge is 2.20. The predicted octanol–water partition coefficient (Wildman–Crippen LogP) is 2.37. The van der Waals surface area contributed by atoms with Gasteiger partial charge in [0, 0.05) is 0 Å². The Balaban J connectivity index is 2.01. The van der Waals surface area contributed by atoms with Crippen molar-refractivity contribution >= 4 is 11.9 Å². The largest absolute Gasteiger partial charge is 0.493 e. The van der Waals surface area contributed by atoms with E-state index in [0.717, 1.165) is 0 Å². The fourth-order valence-electron chi connectivity index (χ4n) is 2.19. The quantitative estimate of drug-likeness (QED) is 0.743. The number of nitrogens with one attached hydrogen (secondary N) is 1. The summed E-state index contributed by atoms with van der Waals surface area (Å²) < 4.78 is 21.0. The van der Waals surface area contributed by atoms with Crippen molar-refractivity contribution < 1.29 is 33.4 Å². The normalized spacial score (nSPS) is 11.1. The molecule has 0 heterocycles. The SMILES string of the molecule is COc1cc(C(=O)ONC(=O)C(C)Oc2ccccc2)cc(OC)c1OC. The minimum absolute atomic E-state index is 0.112. The number of hydroxylamine groups is 1. The number of carbonyl (C=O) groups is 2. The monoisotopic (exact) mass is 375 g/mol. The molecule has 0 aromatic heterocycles. The van der Waals surface area contributed by atoms with Gasteiger partial charge in [-0.15, -0.1) is 0 Å². The van der Waals surface area contributed by atoms with Crippen LogP contribution >= 0.6 is 0 Å². The average Bonchev–Trinajstić information content (AvgIpc) is 2.71. The Morgan fingerprint density at radius 1 is 0.926 bits per heavy atom. The molecular formula is C19H21NO7. The van der Waals surface area contributed by atoms with Crippen molar-refractivity contribution in [3.63, 3.8) is 0 Å². The molecule has 0 aliphatic heterocycles. The highest BCUT2D eigenvalue weighted by atomic mass is 16.7. The van der Waals surface area contributed by atoms with Crippen LogP contribution in [0.15, 0.2) is 42.5 Å². The molecule has 1 amide bonds. The van der Waals surface area contributed by atoms with Gasteiger partial charge < -0.3 is 23.8 Å². The minimum Gasteiger partial charge on any atom is -0.493 e. The second kappa shape index (κ2) is 9.33. The Bertz CT molecular complexity index is 767. The first-order chi connectivity index (χ1) is 13.0. The van der Waals surface area contributed by atoms with E-state index in [4.69, 9.17) is 23.8 Å². The first-order valence-corrected chi connectivity index (χ1v) is 8.02. The van der Waals surface area contributed by atoms with Gasteiger partial charge >= 0.3 is 5.97 Å². The standard InChI is InChI=1S/C19H21NO7/c1-12(26-14-8-6-5-7-9-14)18(21)20-27-19(22)13-10-15(23-2)17(25-4)16(11-13)24-3/h5-12H,1-4H3,(H,20,21). The fraction of sp³-hybridized carbons (Fsp3) is 0.263. The van der Waals surface area contributed by atoms with Crippen LogP contribution < -0.4 is 24.4 Å². The third-order valence-corrected chi connectivity index (χ3v) is 3.57. The number of amides is 1. The maximum Gasteiger partial charge on any atom is 0.363 e. The van der Waals surface area contributed by atoms with Gasteiger partial charge in [-0.2, -0.15) is 5.48 Å². The lowest BCUT2D eigenvalue weighted by atomic mass is 10.2. The maximum absolute atomic E-state index is 12.2. The lowest BCUT2D eigenvalue weighted by Gasteiger charge is -2.15. The molecule has 0 bridgehead atoms. The minimum atomic E-state index is -0.861. The summed E-state index contributed by atoms with van der Waals surface area (Å²) in [6.45, 7) is 1.54. The zero-order chi connectivity index (χ0) is 19.8. The molecule has 1 unspecified atom stereocenters. The summed E-state index contributed by atoms with van der Waals surface area (Å²) in [5.74, 6) is 0.0301. The molecule has 1 atom stereocenters. The van der Waals surface area contributed by atoms with E-state index in [-0.39, 0.29) is 17.1 Å². The van der Waals surface area contributed by atoms with Gasteiger partial charge in [0.25, 0.3) is 5.91 Å². The lowest BCUT2D eigenvalue weighted by Crippen LogP contribution is -2.37. The van der Waals surface area contributed by atoms with E-state index < -0.39 is 18.0 Å². The number of methoxy groups -OCH3 is 3. The molecule has 8 heteroatoms. The smallest absolute Gasteiger partial charge is 0.363 e. The van der Waals surface area contributed by atoms with Crippen molar-refractivity contribution in [3.8, 4) is 23.0 Å². The van der Waals surface area contributed by atoms with Crippen LogP contribution in [-0.2, 0) is 9.63 Å². The molecule has 0 fully saturated rings. The van der Waals surface area contributed by atoms with Crippen molar-refractivity contribution in [2.45, 2.75) is 13.0 Å². The summed E-state index contributed by atoms with van der Waals surface area (Å²) in [4.78, 5) is 29.1. The average molecular weight is 375 g/mol. The molecule has 0 aliphatic rings. The number of para-hydroxylation sites is 1. The van der Waals surface area contributed by atoms with Crippen LogP contribution in [0.25, 0.3) is 0 Å². The van der Waals surface area contributed by atoms with Crippen molar-refractivity contribution in [2.24, 2.45) is 0 Å². The number of hydrogen-bond donors (Lipinski definition) is 1. The molecule has 2 aromatic rings. The van der Waals surface area contributed by atoms with Crippen LogP contribution in [-0.4, -0.2) is 39.3 Å². The summed E-state index contributed by atoms with van der Waals surface area (Å²) in [5, 5.41) is 0. The number of rotatable bonds is 7. The molecule has 8 nitrogen and oxygen atoms in total. The summed E-state index contributed by atoms with van der Waals surface area (Å²) in [6, 6.07) is 11.7. The summed E-state index contributed by atoms with van der Waals surface area (Å²) in [5.41, 5.74) is 2.19. The molecule has 2 rings (SSSR count). The first-order valence-electron chi connectivity index (χ1n) is 8.02. The van der Waals surface area contributed by atoms with Crippen LogP contribution in [0, 0.1) is 0 Å². The molecular weight excluding hydrogens is 354 g/mol. The van der Waals surface area contributed by atoms with Gasteiger partial charge in [-0.1, -0.05) is 18.2 Å². The Hall–Kier alpha value is -3.42. The number of hydrogen-bond acceptors (Lipinski definition) is 7. The second-order valence-electron chi connectivity index (χ2n) is 5.34. The number of ether oxygens (including phenoxy) is 4. The van der Waals surface area contributed by atoms with Crippen molar-refractivity contribution in [1.82, 2.24) is 5.48 Å². The zero-order valence-corrected chi connectivity index (χ0v) is 15.5. The highest BCUT2D eigenvalue weighted by molar-refractivity contribution is 5.92. The van der Waals surface area contributed by atoms with Crippen LogP contribution in [0.4, 0.5) is 0 Å². The highest BCUT2D eigenvalue weighted by Crippen LogP contribution is 2.38. The van der Waals surface area contributed by atoms with E-state index in [1.165, 1.54) is 40.4 Å². The van der Waals surface area contributed by atoms with Gasteiger partial charge in [-0.25, -0.2) is 4.79 Å². The van der Waals surface area contributed by atoms with E-state index in [1.807, 2.05) is 6.07 Å². The van der Waals surface area contributed by atoms with Gasteiger partial charge in [0.2, 0.25) is 5.75 Å². The fourth-order valence-corrected chi connectivity index (χ4v) is 2.19. The Kier molecular flexibility index (Phi) is 6.87. The zero-order valence-electron chi connectivity index (χ0n) is 15.5. The molecule has 0 saturated carbocycles. The van der Waals surface area contributed by atoms with E-state index in [1.54, 1.807) is 24.3 Å². The Labute approximate surface area is 156 Å². The van der Waals surface area contributed by atoms with E-state index in [2.05, 4.69) is 5.48 Å². The van der Waals surface area contributed by atoms with E-state index in [9.17, 15) is 9.59 Å². The van der Waals surface area contributed by atoms with Crippen LogP contribution in [0.2, 0.25) is 0 Å². The topological polar surface area (TPSA) is 92.3 Å². The van der Waals surface area contributed by atoms with Crippen LogP contribution in [0.1, 0.15) is 17.3 Å². The number of benzene rings is 2. The molecule has 2 aromatic carbocycles. The van der Waals surface area contributed by atoms with Crippen LogP contribution in [0.5, 0.6) is 23.0 Å². The Morgan fingerprint density at radius 2 is 1.52 bits per heavy atom. The molecule has 0 aliphatic carbocycles. The van der Waals surface area contributed by atoms with Crippen molar-refractivity contribution in [3.05, 3.63) is 48.0 Å². The summed E-state index contributed by atoms with van der Waals surface area (Å²) in [6.07, 6.45) is -0.861.